The number of amides is 1. The van der Waals surface area contributed by atoms with Gasteiger partial charge in [0.2, 0.25) is 5.91 Å². The van der Waals surface area contributed by atoms with Crippen LogP contribution in [0.3, 0.4) is 0 Å². The van der Waals surface area contributed by atoms with E-state index < -0.39 is 5.97 Å². The molecule has 0 bridgehead atoms. The summed E-state index contributed by atoms with van der Waals surface area (Å²) in [6.07, 6.45) is 5.81. The lowest BCUT2D eigenvalue weighted by molar-refractivity contribution is -0.144. The summed E-state index contributed by atoms with van der Waals surface area (Å²) in [5, 5.41) is 24.8. The number of nitrogens with zero attached hydrogens (tertiary/aromatic N) is 3. The first-order valence-corrected chi connectivity index (χ1v) is 20.8. The van der Waals surface area contributed by atoms with Crippen LogP contribution in [0.1, 0.15) is 136 Å². The number of likely N-dealkylation sites (N-methyl/N-ethyl adjacent to an activating group) is 1. The minimum absolute atomic E-state index is 0.0840. The van der Waals surface area contributed by atoms with E-state index in [0.717, 1.165) is 67.6 Å². The second-order valence-electron chi connectivity index (χ2n) is 18.5. The van der Waals surface area contributed by atoms with E-state index in [1.165, 1.54) is 37.1 Å². The van der Waals surface area contributed by atoms with Gasteiger partial charge in [0, 0.05) is 60.0 Å². The Kier molecular flexibility index (Phi) is 44.9. The van der Waals surface area contributed by atoms with Crippen LogP contribution in [0.2, 0.25) is 0 Å². The Balaban J connectivity index is -0.000000186. The summed E-state index contributed by atoms with van der Waals surface area (Å²) in [6, 6.07) is 0. The van der Waals surface area contributed by atoms with Gasteiger partial charge in [-0.1, -0.05) is 104 Å². The third kappa shape index (κ3) is 48.7. The summed E-state index contributed by atoms with van der Waals surface area (Å²) in [4.78, 5) is 28.1. The van der Waals surface area contributed by atoms with Crippen molar-refractivity contribution in [3.8, 4) is 0 Å². The van der Waals surface area contributed by atoms with Crippen molar-refractivity contribution in [3.05, 3.63) is 0 Å². The zero-order valence-corrected chi connectivity index (χ0v) is 39.2. The number of hydrogen-bond acceptors (Lipinski definition) is 7. The van der Waals surface area contributed by atoms with Crippen LogP contribution >= 0.6 is 0 Å². The number of carboxylic acids is 1. The Labute approximate surface area is 332 Å². The molecule has 2 aliphatic rings. The molecule has 1 aliphatic heterocycles. The van der Waals surface area contributed by atoms with Gasteiger partial charge in [0.15, 0.2) is 0 Å². The predicted molar refractivity (Wildman–Crippen MR) is 230 cm³/mol. The van der Waals surface area contributed by atoms with Gasteiger partial charge in [-0.05, 0) is 106 Å². The normalized spacial score (nSPS) is 19.4. The fourth-order valence-electron chi connectivity index (χ4n) is 5.47. The molecule has 1 heterocycles. The molecule has 9 heteroatoms. The van der Waals surface area contributed by atoms with Crippen molar-refractivity contribution in [1.82, 2.24) is 14.7 Å². The number of methoxy groups -OCH3 is 1. The fraction of sp³-hybridized carbons (Fsp3) is 0.955. The maximum absolute atomic E-state index is 11.7. The van der Waals surface area contributed by atoms with Crippen molar-refractivity contribution in [2.24, 2.45) is 59.2 Å². The zero-order valence-electron chi connectivity index (χ0n) is 39.2. The Morgan fingerprint density at radius 3 is 1.47 bits per heavy atom. The molecule has 9 nitrogen and oxygen atoms in total. The van der Waals surface area contributed by atoms with Crippen LogP contribution < -0.4 is 0 Å². The second-order valence-corrected chi connectivity index (χ2v) is 18.5. The number of aliphatic hydroxyl groups is 2. The first kappa shape index (κ1) is 61.0. The summed E-state index contributed by atoms with van der Waals surface area (Å²) >= 11 is 0. The number of piperidine rings is 1. The fourth-order valence-corrected chi connectivity index (χ4v) is 5.47. The van der Waals surface area contributed by atoms with Crippen molar-refractivity contribution in [3.63, 3.8) is 0 Å². The van der Waals surface area contributed by atoms with Gasteiger partial charge in [-0.3, -0.25) is 9.59 Å². The molecule has 0 aromatic heterocycles. The average molecular weight is 764 g/mol. The Morgan fingerprint density at radius 2 is 1.15 bits per heavy atom. The number of hydrogen-bond donors (Lipinski definition) is 3. The summed E-state index contributed by atoms with van der Waals surface area (Å²) in [5.74, 6) is 6.44. The minimum Gasteiger partial charge on any atom is -0.480 e. The number of carbonyl (C=O) groups is 2. The third-order valence-electron chi connectivity index (χ3n) is 7.96. The minimum atomic E-state index is -0.962. The van der Waals surface area contributed by atoms with Crippen molar-refractivity contribution in [2.45, 2.75) is 136 Å². The van der Waals surface area contributed by atoms with Gasteiger partial charge in [0.05, 0.1) is 0 Å². The number of carbonyl (C=O) groups excluding carboxylic acids is 1. The van der Waals surface area contributed by atoms with Gasteiger partial charge in [-0.25, -0.2) is 0 Å². The highest BCUT2D eigenvalue weighted by atomic mass is 16.5. The van der Waals surface area contributed by atoms with E-state index in [9.17, 15) is 9.59 Å². The molecular weight excluding hydrogens is 666 g/mol. The molecule has 0 spiro atoms. The zero-order chi connectivity index (χ0) is 42.9. The predicted octanol–water partition coefficient (Wildman–Crippen LogP) is 9.01. The first-order chi connectivity index (χ1) is 24.4. The molecule has 324 valence electrons. The van der Waals surface area contributed by atoms with E-state index in [2.05, 4.69) is 102 Å². The summed E-state index contributed by atoms with van der Waals surface area (Å²) in [6.45, 7) is 37.1. The molecule has 1 saturated heterocycles. The van der Waals surface area contributed by atoms with E-state index in [4.69, 9.17) is 20.1 Å². The SMILES string of the molecule is CC(C)C.CC(C)C.CC(C)C.CC(C)C1CC(CO)CN(C)C1.CC(C)CC(=O)N(CCN(C)C)CC(=O)O.CO.COCC1CCC(C(C)C)C1. The number of aliphatic hydroxyl groups excluding tert-OH is 2. The van der Waals surface area contributed by atoms with Crippen molar-refractivity contribution < 1.29 is 29.6 Å². The molecule has 1 amide bonds. The van der Waals surface area contributed by atoms with Crippen LogP contribution in [0.15, 0.2) is 0 Å². The smallest absolute Gasteiger partial charge is 0.323 e. The molecule has 2 fully saturated rings. The van der Waals surface area contributed by atoms with Crippen LogP contribution in [0.5, 0.6) is 0 Å². The van der Waals surface area contributed by atoms with E-state index in [0.29, 0.717) is 32.0 Å². The summed E-state index contributed by atoms with van der Waals surface area (Å²) in [5.41, 5.74) is 0. The van der Waals surface area contributed by atoms with Crippen LogP contribution in [0.25, 0.3) is 0 Å². The Morgan fingerprint density at radius 1 is 0.717 bits per heavy atom. The number of likely N-dealkylation sites (tertiary alicyclic amines) is 1. The largest absolute Gasteiger partial charge is 0.480 e. The highest BCUT2D eigenvalue weighted by Crippen LogP contribution is 2.35. The van der Waals surface area contributed by atoms with Gasteiger partial charge >= 0.3 is 5.97 Å². The third-order valence-corrected chi connectivity index (χ3v) is 7.96. The monoisotopic (exact) mass is 764 g/mol. The van der Waals surface area contributed by atoms with Gasteiger partial charge in [-0.15, -0.1) is 0 Å². The van der Waals surface area contributed by atoms with Crippen molar-refractivity contribution in [1.29, 1.82) is 0 Å². The number of ether oxygens (including phenoxy) is 1. The molecule has 0 aromatic carbocycles. The Bertz CT molecular complexity index is 767. The van der Waals surface area contributed by atoms with Gasteiger partial charge in [-0.2, -0.15) is 0 Å². The molecule has 0 aromatic rings. The standard InChI is InChI=1S/C11H22N2O3.C10H21NO.C10H20O.3C4H10.CH4O/c1-9(2)7-10(14)13(8-11(15)16)6-5-12(3)4;1-8(2)10-4-9(7-12)5-11(3)6-10;1-8(2)10-5-4-9(6-10)7-11-3;3*1-4(2)3;1-2/h9H,5-8H2,1-4H3,(H,15,16);8-10,12H,4-7H2,1-3H3;8-10H,4-7H2,1-3H3;3*4H,1-3H3;2H,1H3. The lowest BCUT2D eigenvalue weighted by atomic mass is 9.83. The molecule has 4 unspecified atom stereocenters. The maximum Gasteiger partial charge on any atom is 0.323 e. The summed E-state index contributed by atoms with van der Waals surface area (Å²) in [7, 11) is 8.75. The number of carboxylic acid groups (broad SMARTS) is 1. The lowest BCUT2D eigenvalue weighted by Gasteiger charge is -2.36. The maximum atomic E-state index is 11.7. The van der Waals surface area contributed by atoms with Crippen molar-refractivity contribution >= 4 is 11.9 Å². The van der Waals surface area contributed by atoms with Gasteiger partial charge in [0.25, 0.3) is 0 Å². The van der Waals surface area contributed by atoms with E-state index in [1.807, 2.05) is 40.0 Å². The van der Waals surface area contributed by atoms with Crippen LogP contribution in [0, 0.1) is 59.2 Å². The second kappa shape index (κ2) is 39.0. The average Bonchev–Trinajstić information content (AvgIpc) is 3.48. The van der Waals surface area contributed by atoms with Gasteiger partial charge < -0.3 is 34.8 Å². The highest BCUT2D eigenvalue weighted by molar-refractivity contribution is 5.81. The highest BCUT2D eigenvalue weighted by Gasteiger charge is 2.27. The molecule has 3 N–H and O–H groups in total. The molecule has 0 radical (unpaired) electrons. The van der Waals surface area contributed by atoms with Crippen LogP contribution in [0.4, 0.5) is 0 Å². The summed E-state index contributed by atoms with van der Waals surface area (Å²) < 4.78 is 5.15. The van der Waals surface area contributed by atoms with Crippen molar-refractivity contribution in [2.75, 3.05) is 81.3 Å². The van der Waals surface area contributed by atoms with Gasteiger partial charge in [0.1, 0.15) is 6.54 Å². The van der Waals surface area contributed by atoms with Crippen LogP contribution in [-0.2, 0) is 14.3 Å². The van der Waals surface area contributed by atoms with Crippen LogP contribution in [-0.4, -0.2) is 123 Å². The molecule has 53 heavy (non-hydrogen) atoms. The molecule has 1 aliphatic carbocycles. The number of rotatable bonds is 12. The molecular formula is C44H97N3O6. The molecule has 2 rings (SSSR count). The quantitative estimate of drug-likeness (QED) is 0.181. The first-order valence-electron chi connectivity index (χ1n) is 20.8. The molecule has 4 atom stereocenters. The number of aliphatic carboxylic acids is 1. The van der Waals surface area contributed by atoms with E-state index >= 15 is 0 Å². The van der Waals surface area contributed by atoms with E-state index in [-0.39, 0.29) is 18.4 Å². The lowest BCUT2D eigenvalue weighted by Crippen LogP contribution is -2.40. The van der Waals surface area contributed by atoms with E-state index in [1.54, 1.807) is 0 Å². The molecule has 1 saturated carbocycles. The topological polar surface area (TPSA) is 114 Å². The Hall–Kier alpha value is -1.26.